The Balaban J connectivity index is 2.10. The minimum absolute atomic E-state index is 0.276. The van der Waals surface area contributed by atoms with Gasteiger partial charge in [-0.3, -0.25) is 0 Å². The Morgan fingerprint density at radius 1 is 1.19 bits per heavy atom. The van der Waals surface area contributed by atoms with Gasteiger partial charge in [-0.25, -0.2) is 10.0 Å². The van der Waals surface area contributed by atoms with Crippen molar-refractivity contribution < 1.29 is 13.2 Å². The number of rotatable bonds is 1. The van der Waals surface area contributed by atoms with Crippen LogP contribution in [0.4, 0.5) is 18.9 Å². The van der Waals surface area contributed by atoms with Gasteiger partial charge in [0.25, 0.3) is 0 Å². The van der Waals surface area contributed by atoms with Gasteiger partial charge in [-0.1, -0.05) is 11.6 Å². The van der Waals surface area contributed by atoms with E-state index in [2.05, 4.69) is 19.9 Å². The van der Waals surface area contributed by atoms with E-state index in [1.165, 1.54) is 6.07 Å². The number of guanidine groups is 1. The lowest BCUT2D eigenvalue weighted by Gasteiger charge is -2.41. The molecule has 1 aromatic carbocycles. The van der Waals surface area contributed by atoms with Gasteiger partial charge >= 0.3 is 6.18 Å². The van der Waals surface area contributed by atoms with Crippen molar-refractivity contribution in [2.45, 2.75) is 33.0 Å². The maximum Gasteiger partial charge on any atom is 0.417 e. The smallest absolute Gasteiger partial charge is 0.338 e. The van der Waals surface area contributed by atoms with Gasteiger partial charge in [0.1, 0.15) is 0 Å². The standard InChI is InChI=1S/C18H23ClF3N5/c1-11(2)24-27-12(3)13-9-15(19)14(18(20,21)22)10-16(13)23-17(27)26-7-5-25(4)6-8-26/h9-10,12H,5-8H2,1-4H3. The second kappa shape index (κ2) is 7.31. The first-order chi connectivity index (χ1) is 12.6. The molecule has 148 valence electrons. The van der Waals surface area contributed by atoms with Crippen LogP contribution in [0.5, 0.6) is 0 Å². The van der Waals surface area contributed by atoms with Crippen LogP contribution >= 0.6 is 11.6 Å². The fourth-order valence-electron chi connectivity index (χ4n) is 3.26. The Labute approximate surface area is 162 Å². The molecular weight excluding hydrogens is 379 g/mol. The fraction of sp³-hybridized carbons (Fsp3) is 0.556. The van der Waals surface area contributed by atoms with Crippen LogP contribution in [-0.4, -0.2) is 59.7 Å². The number of hydrazone groups is 1. The summed E-state index contributed by atoms with van der Waals surface area (Å²) in [4.78, 5) is 8.86. The number of nitrogens with zero attached hydrogens (tertiary/aromatic N) is 5. The van der Waals surface area contributed by atoms with Crippen molar-refractivity contribution in [3.8, 4) is 0 Å². The minimum atomic E-state index is -4.52. The van der Waals surface area contributed by atoms with Crippen molar-refractivity contribution in [3.05, 3.63) is 28.3 Å². The molecule has 9 heteroatoms. The third-order valence-electron chi connectivity index (χ3n) is 4.76. The monoisotopic (exact) mass is 401 g/mol. The molecule has 1 unspecified atom stereocenters. The zero-order valence-corrected chi connectivity index (χ0v) is 16.6. The molecule has 2 aliphatic rings. The zero-order chi connectivity index (χ0) is 19.9. The van der Waals surface area contributed by atoms with E-state index in [4.69, 9.17) is 11.6 Å². The Hall–Kier alpha value is -1.80. The number of benzene rings is 1. The summed E-state index contributed by atoms with van der Waals surface area (Å²) in [5.74, 6) is 0.583. The second-order valence-electron chi connectivity index (χ2n) is 7.16. The van der Waals surface area contributed by atoms with Crippen LogP contribution in [0.15, 0.2) is 22.2 Å². The maximum atomic E-state index is 13.3. The lowest BCUT2D eigenvalue weighted by Crippen LogP contribution is -2.52. The normalized spacial score (nSPS) is 21.0. The highest BCUT2D eigenvalue weighted by Gasteiger charge is 2.37. The van der Waals surface area contributed by atoms with Gasteiger partial charge in [-0.05, 0) is 40.0 Å². The number of aliphatic imine (C=N–C) groups is 1. The highest BCUT2D eigenvalue weighted by atomic mass is 35.5. The number of hydrogen-bond donors (Lipinski definition) is 0. The molecule has 0 spiro atoms. The van der Waals surface area contributed by atoms with Crippen LogP contribution < -0.4 is 0 Å². The quantitative estimate of drug-likeness (QED) is 0.655. The van der Waals surface area contributed by atoms with Crippen molar-refractivity contribution in [1.29, 1.82) is 0 Å². The van der Waals surface area contributed by atoms with Gasteiger partial charge in [-0.15, -0.1) is 0 Å². The number of alkyl halides is 3. The van der Waals surface area contributed by atoms with Crippen LogP contribution in [0.2, 0.25) is 5.02 Å². The Morgan fingerprint density at radius 3 is 2.37 bits per heavy atom. The van der Waals surface area contributed by atoms with Gasteiger partial charge in [-0.2, -0.15) is 18.3 Å². The summed E-state index contributed by atoms with van der Waals surface area (Å²) in [6.07, 6.45) is -4.52. The summed E-state index contributed by atoms with van der Waals surface area (Å²) in [6.45, 7) is 8.86. The molecule has 27 heavy (non-hydrogen) atoms. The van der Waals surface area contributed by atoms with E-state index in [-0.39, 0.29) is 11.1 Å². The molecule has 0 amide bonds. The predicted octanol–water partition coefficient (Wildman–Crippen LogP) is 4.37. The van der Waals surface area contributed by atoms with Gasteiger partial charge < -0.3 is 9.80 Å². The summed E-state index contributed by atoms with van der Waals surface area (Å²) in [6, 6.07) is 2.13. The van der Waals surface area contributed by atoms with E-state index < -0.39 is 11.7 Å². The molecule has 0 bridgehead atoms. The van der Waals surface area contributed by atoms with Gasteiger partial charge in [0, 0.05) is 37.5 Å². The third-order valence-corrected chi connectivity index (χ3v) is 5.07. The van der Waals surface area contributed by atoms with Crippen LogP contribution in [0.25, 0.3) is 0 Å². The molecule has 5 nitrogen and oxygen atoms in total. The molecule has 1 atom stereocenters. The third kappa shape index (κ3) is 4.06. The largest absolute Gasteiger partial charge is 0.417 e. The number of halogens is 4. The van der Waals surface area contributed by atoms with E-state index >= 15 is 0 Å². The molecule has 0 saturated carbocycles. The average molecular weight is 402 g/mol. The summed E-state index contributed by atoms with van der Waals surface area (Å²) in [5, 5.41) is 6.06. The first-order valence-corrected chi connectivity index (χ1v) is 9.19. The summed E-state index contributed by atoms with van der Waals surface area (Å²) in [7, 11) is 2.04. The Morgan fingerprint density at radius 2 is 1.81 bits per heavy atom. The summed E-state index contributed by atoms with van der Waals surface area (Å²) >= 11 is 5.93. The molecular formula is C18H23ClF3N5. The number of piperazine rings is 1. The first-order valence-electron chi connectivity index (χ1n) is 8.82. The lowest BCUT2D eigenvalue weighted by atomic mass is 10.0. The molecule has 2 aliphatic heterocycles. The van der Waals surface area contributed by atoms with E-state index in [9.17, 15) is 13.2 Å². The van der Waals surface area contributed by atoms with E-state index in [1.54, 1.807) is 5.01 Å². The molecule has 0 N–H and O–H groups in total. The molecule has 3 rings (SSSR count). The number of hydrogen-bond acceptors (Lipinski definition) is 5. The number of likely N-dealkylation sites (N-methyl/N-ethyl adjacent to an activating group) is 1. The molecule has 0 aliphatic carbocycles. The maximum absolute atomic E-state index is 13.3. The highest BCUT2D eigenvalue weighted by molar-refractivity contribution is 6.31. The second-order valence-corrected chi connectivity index (χ2v) is 7.57. The summed E-state index contributed by atoms with van der Waals surface area (Å²) in [5.41, 5.74) is 0.912. The van der Waals surface area contributed by atoms with Gasteiger partial charge in [0.15, 0.2) is 0 Å². The zero-order valence-electron chi connectivity index (χ0n) is 15.8. The molecule has 1 saturated heterocycles. The Kier molecular flexibility index (Phi) is 5.40. The van der Waals surface area contributed by atoms with Crippen molar-refractivity contribution in [3.63, 3.8) is 0 Å². The van der Waals surface area contributed by atoms with Crippen molar-refractivity contribution in [2.75, 3.05) is 33.2 Å². The van der Waals surface area contributed by atoms with E-state index in [1.807, 2.05) is 27.8 Å². The lowest BCUT2D eigenvalue weighted by molar-refractivity contribution is -0.137. The van der Waals surface area contributed by atoms with E-state index in [0.29, 0.717) is 17.2 Å². The van der Waals surface area contributed by atoms with Crippen LogP contribution in [0, 0.1) is 0 Å². The minimum Gasteiger partial charge on any atom is -0.338 e. The topological polar surface area (TPSA) is 34.4 Å². The fourth-order valence-corrected chi connectivity index (χ4v) is 3.54. The summed E-state index contributed by atoms with van der Waals surface area (Å²) < 4.78 is 39.8. The average Bonchev–Trinajstić information content (AvgIpc) is 2.57. The van der Waals surface area contributed by atoms with Crippen molar-refractivity contribution in [2.24, 2.45) is 10.1 Å². The molecule has 1 aromatic rings. The van der Waals surface area contributed by atoms with Gasteiger partial charge in [0.05, 0.1) is 22.3 Å². The molecule has 0 aromatic heterocycles. The molecule has 2 heterocycles. The first kappa shape index (κ1) is 19.9. The Bertz CT molecular complexity index is 778. The van der Waals surface area contributed by atoms with Crippen LogP contribution in [-0.2, 0) is 6.18 Å². The molecule has 0 radical (unpaired) electrons. The predicted molar refractivity (Wildman–Crippen MR) is 102 cm³/mol. The van der Waals surface area contributed by atoms with Crippen LogP contribution in [0.1, 0.15) is 37.9 Å². The van der Waals surface area contributed by atoms with Crippen molar-refractivity contribution >= 4 is 29.0 Å². The highest BCUT2D eigenvalue weighted by Crippen LogP contribution is 2.43. The van der Waals surface area contributed by atoms with Gasteiger partial charge in [0.2, 0.25) is 5.96 Å². The van der Waals surface area contributed by atoms with E-state index in [0.717, 1.165) is 38.0 Å². The SMILES string of the molecule is CC(C)=NN1C(N2CCN(C)CC2)=Nc2cc(C(F)(F)F)c(Cl)cc2C1C. The number of fused-ring (bicyclic) bond motifs is 1. The van der Waals surface area contributed by atoms with Crippen LogP contribution in [0.3, 0.4) is 0 Å². The molecule has 1 fully saturated rings. The van der Waals surface area contributed by atoms with Crippen molar-refractivity contribution in [1.82, 2.24) is 14.8 Å².